The number of halogens is 1. The highest BCUT2D eigenvalue weighted by Gasteiger charge is 2.28. The first-order valence-electron chi connectivity index (χ1n) is 9.94. The van der Waals surface area contributed by atoms with Crippen LogP contribution < -0.4 is 5.56 Å². The third-order valence-corrected chi connectivity index (χ3v) is 5.49. The Morgan fingerprint density at radius 1 is 1.14 bits per heavy atom. The number of piperidine rings is 1. The van der Waals surface area contributed by atoms with Crippen LogP contribution in [0.2, 0.25) is 0 Å². The molecule has 0 saturated carbocycles. The highest BCUT2D eigenvalue weighted by Crippen LogP contribution is 2.23. The standard InChI is InChI=1S/C23H24FN3O2/c1-15-10-16(2)13-26(12-15)22(28)20-11-18-4-3-9-25-21(18)27(23(20)29)14-17-5-7-19(24)8-6-17/h3-9,11,15-16H,10,12-14H2,1-2H3. The van der Waals surface area contributed by atoms with Crippen LogP contribution in [0.4, 0.5) is 4.39 Å². The molecule has 1 amide bonds. The van der Waals surface area contributed by atoms with Crippen LogP contribution in [0.3, 0.4) is 0 Å². The number of fused-ring (bicyclic) bond motifs is 1. The number of rotatable bonds is 3. The van der Waals surface area contributed by atoms with Crippen molar-refractivity contribution in [3.63, 3.8) is 0 Å². The molecule has 0 radical (unpaired) electrons. The normalized spacial score (nSPS) is 19.5. The van der Waals surface area contributed by atoms with Crippen molar-refractivity contribution in [2.24, 2.45) is 11.8 Å². The molecule has 1 fully saturated rings. The molecule has 2 aromatic heterocycles. The summed E-state index contributed by atoms with van der Waals surface area (Å²) in [7, 11) is 0. The lowest BCUT2D eigenvalue weighted by molar-refractivity contribution is 0.0621. The summed E-state index contributed by atoms with van der Waals surface area (Å²) in [5, 5.41) is 0.732. The molecule has 0 aliphatic carbocycles. The number of benzene rings is 1. The van der Waals surface area contributed by atoms with E-state index in [-0.39, 0.29) is 29.4 Å². The minimum absolute atomic E-state index is 0.161. The third kappa shape index (κ3) is 3.92. The van der Waals surface area contributed by atoms with Crippen LogP contribution >= 0.6 is 0 Å². The van der Waals surface area contributed by atoms with Crippen LogP contribution in [0.15, 0.2) is 53.5 Å². The lowest BCUT2D eigenvalue weighted by Crippen LogP contribution is -2.44. The molecule has 150 valence electrons. The Hall–Kier alpha value is -3.02. The summed E-state index contributed by atoms with van der Waals surface area (Å²) in [5.41, 5.74) is 1.08. The molecule has 6 heteroatoms. The minimum atomic E-state index is -0.364. The van der Waals surface area contributed by atoms with Gasteiger partial charge in [0.1, 0.15) is 17.0 Å². The molecular weight excluding hydrogens is 369 g/mol. The third-order valence-electron chi connectivity index (χ3n) is 5.49. The number of carbonyl (C=O) groups is 1. The fraction of sp³-hybridized carbons (Fsp3) is 0.348. The molecule has 1 saturated heterocycles. The Kier molecular flexibility index (Phi) is 5.18. The van der Waals surface area contributed by atoms with Crippen molar-refractivity contribution in [1.29, 1.82) is 0 Å². The molecule has 3 heterocycles. The minimum Gasteiger partial charge on any atom is -0.338 e. The van der Waals surface area contributed by atoms with Crippen molar-refractivity contribution in [3.05, 3.63) is 76.0 Å². The summed E-state index contributed by atoms with van der Waals surface area (Å²) in [5.74, 6) is 0.255. The Labute approximate surface area is 168 Å². The van der Waals surface area contributed by atoms with Crippen molar-refractivity contribution in [2.45, 2.75) is 26.8 Å². The van der Waals surface area contributed by atoms with Crippen LogP contribution in [0, 0.1) is 17.7 Å². The summed E-state index contributed by atoms with van der Waals surface area (Å²) < 4.78 is 14.8. The van der Waals surface area contributed by atoms with Gasteiger partial charge < -0.3 is 4.90 Å². The zero-order chi connectivity index (χ0) is 20.5. The molecule has 0 spiro atoms. The van der Waals surface area contributed by atoms with Gasteiger partial charge in [-0.1, -0.05) is 26.0 Å². The number of carbonyl (C=O) groups excluding carboxylic acids is 1. The molecule has 3 aromatic rings. The predicted molar refractivity (Wildman–Crippen MR) is 110 cm³/mol. The van der Waals surface area contributed by atoms with Gasteiger partial charge in [0.25, 0.3) is 11.5 Å². The van der Waals surface area contributed by atoms with E-state index in [9.17, 15) is 14.0 Å². The van der Waals surface area contributed by atoms with Crippen LogP contribution in [0.1, 0.15) is 36.2 Å². The van der Waals surface area contributed by atoms with Gasteiger partial charge in [-0.25, -0.2) is 9.37 Å². The van der Waals surface area contributed by atoms with Gasteiger partial charge >= 0.3 is 0 Å². The van der Waals surface area contributed by atoms with Gasteiger partial charge in [-0.05, 0) is 54.2 Å². The predicted octanol–water partition coefficient (Wildman–Crippen LogP) is 3.70. The number of hydrogen-bond donors (Lipinski definition) is 0. The fourth-order valence-corrected chi connectivity index (χ4v) is 4.28. The maximum Gasteiger partial charge on any atom is 0.265 e. The number of aromatic nitrogens is 2. The summed E-state index contributed by atoms with van der Waals surface area (Å²) in [6, 6.07) is 11.3. The molecule has 1 aromatic carbocycles. The van der Waals surface area contributed by atoms with Gasteiger partial charge in [0.2, 0.25) is 0 Å². The van der Waals surface area contributed by atoms with E-state index < -0.39 is 0 Å². The zero-order valence-corrected chi connectivity index (χ0v) is 16.6. The SMILES string of the molecule is CC1CC(C)CN(C(=O)c2cc3cccnc3n(Cc3ccc(F)cc3)c2=O)C1. The van der Waals surface area contributed by atoms with Gasteiger partial charge in [0.05, 0.1) is 6.54 Å². The van der Waals surface area contributed by atoms with Crippen molar-refractivity contribution in [2.75, 3.05) is 13.1 Å². The molecular formula is C23H24FN3O2. The van der Waals surface area contributed by atoms with Crippen molar-refractivity contribution >= 4 is 16.9 Å². The number of amides is 1. The van der Waals surface area contributed by atoms with E-state index in [0.717, 1.165) is 17.4 Å². The summed E-state index contributed by atoms with van der Waals surface area (Å²) in [4.78, 5) is 32.7. The molecule has 1 aliphatic heterocycles. The van der Waals surface area contributed by atoms with Crippen LogP contribution in [0.5, 0.6) is 0 Å². The maximum absolute atomic E-state index is 13.3. The second-order valence-corrected chi connectivity index (χ2v) is 8.15. The average Bonchev–Trinajstić information content (AvgIpc) is 2.70. The highest BCUT2D eigenvalue weighted by molar-refractivity contribution is 5.97. The molecule has 5 nitrogen and oxygen atoms in total. The second-order valence-electron chi connectivity index (χ2n) is 8.15. The smallest absolute Gasteiger partial charge is 0.265 e. The number of likely N-dealkylation sites (tertiary alicyclic amines) is 1. The van der Waals surface area contributed by atoms with E-state index in [0.29, 0.717) is 30.6 Å². The molecule has 0 N–H and O–H groups in total. The monoisotopic (exact) mass is 393 g/mol. The van der Waals surface area contributed by atoms with Gasteiger partial charge in [-0.2, -0.15) is 0 Å². The number of nitrogens with zero attached hydrogens (tertiary/aromatic N) is 3. The Balaban J connectivity index is 1.79. The van der Waals surface area contributed by atoms with Crippen molar-refractivity contribution < 1.29 is 9.18 Å². The number of hydrogen-bond acceptors (Lipinski definition) is 3. The van der Waals surface area contributed by atoms with Crippen molar-refractivity contribution in [3.8, 4) is 0 Å². The molecule has 29 heavy (non-hydrogen) atoms. The quantitative estimate of drug-likeness (QED) is 0.682. The second kappa shape index (κ2) is 7.78. The fourth-order valence-electron chi connectivity index (χ4n) is 4.28. The summed E-state index contributed by atoms with van der Waals surface area (Å²) >= 11 is 0. The molecule has 2 unspecified atom stereocenters. The first-order chi connectivity index (χ1) is 13.9. The summed E-state index contributed by atoms with van der Waals surface area (Å²) in [6.07, 6.45) is 2.71. The lowest BCUT2D eigenvalue weighted by Gasteiger charge is -2.35. The largest absolute Gasteiger partial charge is 0.338 e. The van der Waals surface area contributed by atoms with Crippen LogP contribution in [0.25, 0.3) is 11.0 Å². The summed E-state index contributed by atoms with van der Waals surface area (Å²) in [6.45, 7) is 5.80. The maximum atomic E-state index is 13.3. The molecule has 4 rings (SSSR count). The van der Waals surface area contributed by atoms with Gasteiger partial charge in [0, 0.05) is 24.7 Å². The van der Waals surface area contributed by atoms with Crippen LogP contribution in [-0.4, -0.2) is 33.4 Å². The van der Waals surface area contributed by atoms with Gasteiger partial charge in [0.15, 0.2) is 0 Å². The van der Waals surface area contributed by atoms with Gasteiger partial charge in [-0.15, -0.1) is 0 Å². The van der Waals surface area contributed by atoms with E-state index in [1.54, 1.807) is 35.4 Å². The number of pyridine rings is 2. The van der Waals surface area contributed by atoms with E-state index in [1.165, 1.54) is 16.7 Å². The van der Waals surface area contributed by atoms with Crippen molar-refractivity contribution in [1.82, 2.24) is 14.5 Å². The first-order valence-corrected chi connectivity index (χ1v) is 9.94. The topological polar surface area (TPSA) is 55.2 Å². The first kappa shape index (κ1) is 19.3. The van der Waals surface area contributed by atoms with E-state index in [4.69, 9.17) is 0 Å². The average molecular weight is 393 g/mol. The van der Waals surface area contributed by atoms with E-state index in [1.807, 2.05) is 6.07 Å². The molecule has 2 atom stereocenters. The Morgan fingerprint density at radius 3 is 2.52 bits per heavy atom. The highest BCUT2D eigenvalue weighted by atomic mass is 19.1. The Morgan fingerprint density at radius 2 is 1.83 bits per heavy atom. The molecule has 1 aliphatic rings. The zero-order valence-electron chi connectivity index (χ0n) is 16.6. The van der Waals surface area contributed by atoms with E-state index >= 15 is 0 Å². The Bertz CT molecular complexity index is 1100. The van der Waals surface area contributed by atoms with E-state index in [2.05, 4.69) is 18.8 Å². The molecule has 0 bridgehead atoms. The van der Waals surface area contributed by atoms with Gasteiger partial charge in [-0.3, -0.25) is 14.2 Å². The van der Waals surface area contributed by atoms with Crippen LogP contribution in [-0.2, 0) is 6.54 Å². The lowest BCUT2D eigenvalue weighted by atomic mass is 9.91.